The van der Waals surface area contributed by atoms with Crippen molar-refractivity contribution in [2.45, 2.75) is 37.5 Å². The number of carbonyl (C=O) groups excluding carboxylic acids is 1. The summed E-state index contributed by atoms with van der Waals surface area (Å²) in [6.07, 6.45) is 5.81. The Labute approximate surface area is 145 Å². The van der Waals surface area contributed by atoms with E-state index in [2.05, 4.69) is 36.4 Å². The van der Waals surface area contributed by atoms with Gasteiger partial charge in [-0.15, -0.1) is 5.10 Å². The molecule has 1 saturated heterocycles. The van der Waals surface area contributed by atoms with Crippen LogP contribution in [0.5, 0.6) is 0 Å². The van der Waals surface area contributed by atoms with Gasteiger partial charge in [-0.25, -0.2) is 4.98 Å². The molecule has 1 atom stereocenters. The van der Waals surface area contributed by atoms with E-state index in [9.17, 15) is 4.79 Å². The fourth-order valence-electron chi connectivity index (χ4n) is 2.85. The minimum absolute atomic E-state index is 0.0377. The fraction of sp³-hybridized carbons (Fsp3) is 0.500. The van der Waals surface area contributed by atoms with Crippen LogP contribution in [0.25, 0.3) is 0 Å². The standard InChI is InChI=1S/C16H22N6OS/c1-12-18-16(21-20-12)24-11-15(23)19-14-5-3-7-22(10-14)9-13-4-2-6-17-8-13/h2,4,6,8,14H,3,5,7,9-11H2,1H3,(H,19,23)(H,18,20,21). The van der Waals surface area contributed by atoms with Crippen molar-refractivity contribution in [3.63, 3.8) is 0 Å². The van der Waals surface area contributed by atoms with Crippen LogP contribution in [-0.4, -0.2) is 55.9 Å². The first-order valence-electron chi connectivity index (χ1n) is 8.11. The van der Waals surface area contributed by atoms with Gasteiger partial charge in [0.25, 0.3) is 0 Å². The van der Waals surface area contributed by atoms with Gasteiger partial charge in [-0.05, 0) is 37.9 Å². The summed E-state index contributed by atoms with van der Waals surface area (Å²) < 4.78 is 0. The van der Waals surface area contributed by atoms with Gasteiger partial charge in [0.2, 0.25) is 11.1 Å². The second-order valence-electron chi connectivity index (χ2n) is 6.00. The summed E-state index contributed by atoms with van der Waals surface area (Å²) in [6, 6.07) is 4.25. The molecule has 0 spiro atoms. The number of aromatic nitrogens is 4. The van der Waals surface area contributed by atoms with E-state index in [4.69, 9.17) is 0 Å². The van der Waals surface area contributed by atoms with Gasteiger partial charge in [-0.2, -0.15) is 0 Å². The minimum Gasteiger partial charge on any atom is -0.351 e. The van der Waals surface area contributed by atoms with Crippen LogP contribution in [0, 0.1) is 6.92 Å². The molecule has 1 unspecified atom stereocenters. The number of hydrogen-bond acceptors (Lipinski definition) is 6. The summed E-state index contributed by atoms with van der Waals surface area (Å²) in [4.78, 5) is 22.9. The maximum Gasteiger partial charge on any atom is 0.230 e. The summed E-state index contributed by atoms with van der Waals surface area (Å²) in [5.74, 6) is 1.14. The maximum absolute atomic E-state index is 12.1. The Kier molecular flexibility index (Phi) is 5.81. The lowest BCUT2D eigenvalue weighted by atomic mass is 10.1. The Balaban J connectivity index is 1.43. The van der Waals surface area contributed by atoms with Crippen LogP contribution in [0.2, 0.25) is 0 Å². The molecule has 0 aliphatic carbocycles. The Hall–Kier alpha value is -1.93. The lowest BCUT2D eigenvalue weighted by molar-refractivity contribution is -0.119. The number of rotatable bonds is 6. The number of piperidine rings is 1. The molecule has 2 aromatic rings. The van der Waals surface area contributed by atoms with E-state index in [0.29, 0.717) is 10.9 Å². The van der Waals surface area contributed by atoms with Crippen LogP contribution in [0.1, 0.15) is 24.2 Å². The molecule has 0 radical (unpaired) electrons. The van der Waals surface area contributed by atoms with Gasteiger partial charge >= 0.3 is 0 Å². The molecule has 0 aromatic carbocycles. The zero-order chi connectivity index (χ0) is 16.8. The van der Waals surface area contributed by atoms with Crippen molar-refractivity contribution in [2.75, 3.05) is 18.8 Å². The Bertz CT molecular complexity index is 662. The van der Waals surface area contributed by atoms with Gasteiger partial charge < -0.3 is 5.32 Å². The van der Waals surface area contributed by atoms with E-state index in [-0.39, 0.29) is 11.9 Å². The molecule has 7 nitrogen and oxygen atoms in total. The van der Waals surface area contributed by atoms with Crippen molar-refractivity contribution in [1.82, 2.24) is 30.4 Å². The third-order valence-corrected chi connectivity index (χ3v) is 4.76. The molecule has 3 rings (SSSR count). The summed E-state index contributed by atoms with van der Waals surface area (Å²) in [7, 11) is 0. The number of nitrogens with one attached hydrogen (secondary N) is 2. The van der Waals surface area contributed by atoms with E-state index in [1.807, 2.05) is 19.2 Å². The first-order valence-corrected chi connectivity index (χ1v) is 9.10. The van der Waals surface area contributed by atoms with Crippen LogP contribution >= 0.6 is 11.8 Å². The van der Waals surface area contributed by atoms with Crippen molar-refractivity contribution in [1.29, 1.82) is 0 Å². The molecule has 24 heavy (non-hydrogen) atoms. The second-order valence-corrected chi connectivity index (χ2v) is 6.94. The van der Waals surface area contributed by atoms with E-state index < -0.39 is 0 Å². The second kappa shape index (κ2) is 8.25. The molecule has 2 aromatic heterocycles. The molecule has 0 saturated carbocycles. The molecule has 128 valence electrons. The number of aromatic amines is 1. The van der Waals surface area contributed by atoms with Crippen molar-refractivity contribution in [3.05, 3.63) is 35.9 Å². The highest BCUT2D eigenvalue weighted by Crippen LogP contribution is 2.15. The average Bonchev–Trinajstić information content (AvgIpc) is 3.00. The molecule has 2 N–H and O–H groups in total. The molecule has 0 bridgehead atoms. The van der Waals surface area contributed by atoms with Crippen LogP contribution in [0.15, 0.2) is 29.7 Å². The first kappa shape index (κ1) is 16.9. The van der Waals surface area contributed by atoms with Gasteiger partial charge in [-0.1, -0.05) is 17.8 Å². The quantitative estimate of drug-likeness (QED) is 0.769. The highest BCUT2D eigenvalue weighted by atomic mass is 32.2. The van der Waals surface area contributed by atoms with Gasteiger partial charge in [-0.3, -0.25) is 19.8 Å². The third-order valence-electron chi connectivity index (χ3n) is 3.91. The van der Waals surface area contributed by atoms with E-state index in [0.717, 1.165) is 38.3 Å². The smallest absolute Gasteiger partial charge is 0.230 e. The average molecular weight is 346 g/mol. The van der Waals surface area contributed by atoms with Crippen molar-refractivity contribution < 1.29 is 4.79 Å². The topological polar surface area (TPSA) is 86.8 Å². The van der Waals surface area contributed by atoms with Gasteiger partial charge in [0.1, 0.15) is 5.82 Å². The summed E-state index contributed by atoms with van der Waals surface area (Å²) in [5.41, 5.74) is 1.21. The Morgan fingerprint density at radius 2 is 2.46 bits per heavy atom. The number of likely N-dealkylation sites (tertiary alicyclic amines) is 1. The number of thioether (sulfide) groups is 1. The number of hydrogen-bond donors (Lipinski definition) is 2. The minimum atomic E-state index is 0.0377. The molecule has 1 amide bonds. The maximum atomic E-state index is 12.1. The predicted octanol–water partition coefficient (Wildman–Crippen LogP) is 1.38. The zero-order valence-electron chi connectivity index (χ0n) is 13.7. The van der Waals surface area contributed by atoms with Crippen molar-refractivity contribution in [2.24, 2.45) is 0 Å². The SMILES string of the molecule is Cc1nc(SCC(=O)NC2CCCN(Cc3cccnc3)C2)n[nH]1. The van der Waals surface area contributed by atoms with Gasteiger partial charge in [0, 0.05) is 31.5 Å². The first-order chi connectivity index (χ1) is 11.7. The van der Waals surface area contributed by atoms with Gasteiger partial charge in [0.15, 0.2) is 0 Å². The lowest BCUT2D eigenvalue weighted by Gasteiger charge is -2.33. The fourth-order valence-corrected chi connectivity index (χ4v) is 3.51. The molecule has 1 aliphatic rings. The van der Waals surface area contributed by atoms with Crippen LogP contribution in [-0.2, 0) is 11.3 Å². The molecule has 1 fully saturated rings. The van der Waals surface area contributed by atoms with Crippen LogP contribution < -0.4 is 5.32 Å². The molecular formula is C16H22N6OS. The van der Waals surface area contributed by atoms with Crippen molar-refractivity contribution >= 4 is 17.7 Å². The van der Waals surface area contributed by atoms with Gasteiger partial charge in [0.05, 0.1) is 5.75 Å². The highest BCUT2D eigenvalue weighted by Gasteiger charge is 2.21. The summed E-state index contributed by atoms with van der Waals surface area (Å²) >= 11 is 1.35. The molecule has 8 heteroatoms. The normalized spacial score (nSPS) is 18.5. The van der Waals surface area contributed by atoms with Crippen LogP contribution in [0.3, 0.4) is 0 Å². The largest absolute Gasteiger partial charge is 0.351 e. The van der Waals surface area contributed by atoms with E-state index >= 15 is 0 Å². The third kappa shape index (κ3) is 5.04. The Morgan fingerprint density at radius 1 is 1.54 bits per heavy atom. The molecule has 1 aliphatic heterocycles. The number of carbonyl (C=O) groups is 1. The van der Waals surface area contributed by atoms with Crippen LogP contribution in [0.4, 0.5) is 0 Å². The zero-order valence-corrected chi connectivity index (χ0v) is 14.6. The highest BCUT2D eigenvalue weighted by molar-refractivity contribution is 7.99. The monoisotopic (exact) mass is 346 g/mol. The number of nitrogens with zero attached hydrogens (tertiary/aromatic N) is 4. The van der Waals surface area contributed by atoms with E-state index in [1.165, 1.54) is 17.3 Å². The molecule has 3 heterocycles. The summed E-state index contributed by atoms with van der Waals surface area (Å²) in [5, 5.41) is 10.5. The number of pyridine rings is 1. The van der Waals surface area contributed by atoms with Crippen molar-refractivity contribution in [3.8, 4) is 0 Å². The lowest BCUT2D eigenvalue weighted by Crippen LogP contribution is -2.47. The Morgan fingerprint density at radius 3 is 3.21 bits per heavy atom. The number of amides is 1. The molecular weight excluding hydrogens is 324 g/mol. The number of H-pyrrole nitrogens is 1. The predicted molar refractivity (Wildman–Crippen MR) is 92.5 cm³/mol. The van der Waals surface area contributed by atoms with E-state index in [1.54, 1.807) is 6.20 Å². The summed E-state index contributed by atoms with van der Waals surface area (Å²) in [6.45, 7) is 4.67. The number of aryl methyl sites for hydroxylation is 1.